The van der Waals surface area contributed by atoms with Crippen LogP contribution >= 0.6 is 0 Å². The Bertz CT molecular complexity index is 974. The molecule has 0 fully saturated rings. The second-order valence-corrected chi connectivity index (χ2v) is 8.76. The van der Waals surface area contributed by atoms with E-state index in [0.717, 1.165) is 22.3 Å². The summed E-state index contributed by atoms with van der Waals surface area (Å²) in [5, 5.41) is 14.3. The molecule has 1 aliphatic rings. The molecule has 3 rings (SSSR count). The fourth-order valence-corrected chi connectivity index (χ4v) is 4.14. The molecule has 2 aromatic carbocycles. The second-order valence-electron chi connectivity index (χ2n) is 8.76. The fraction of sp³-hybridized carbons (Fsp3) is 0.400. The van der Waals surface area contributed by atoms with Crippen molar-refractivity contribution in [2.45, 2.75) is 44.2 Å². The molecule has 0 heterocycles. The summed E-state index contributed by atoms with van der Waals surface area (Å²) >= 11 is 0. The number of benzene rings is 2. The van der Waals surface area contributed by atoms with Gasteiger partial charge >= 0.3 is 12.1 Å². The highest BCUT2D eigenvalue weighted by Gasteiger charge is 2.31. The Hall–Kier alpha value is -3.39. The van der Waals surface area contributed by atoms with Gasteiger partial charge < -0.3 is 25.2 Å². The lowest BCUT2D eigenvalue weighted by atomic mass is 9.98. The van der Waals surface area contributed by atoms with Crippen molar-refractivity contribution in [2.75, 3.05) is 20.3 Å². The number of amides is 2. The van der Waals surface area contributed by atoms with Crippen LogP contribution in [0.5, 0.6) is 0 Å². The van der Waals surface area contributed by atoms with Gasteiger partial charge in [0.1, 0.15) is 12.6 Å². The van der Waals surface area contributed by atoms with Gasteiger partial charge in [0.2, 0.25) is 5.91 Å². The van der Waals surface area contributed by atoms with Gasteiger partial charge in [-0.2, -0.15) is 0 Å². The fourth-order valence-electron chi connectivity index (χ4n) is 4.14. The zero-order valence-corrected chi connectivity index (χ0v) is 19.1. The van der Waals surface area contributed by atoms with Gasteiger partial charge in [0.05, 0.1) is 12.1 Å². The van der Waals surface area contributed by atoms with Crippen molar-refractivity contribution in [3.8, 4) is 11.1 Å². The van der Waals surface area contributed by atoms with E-state index in [1.54, 1.807) is 13.8 Å². The van der Waals surface area contributed by atoms with E-state index in [1.165, 1.54) is 7.11 Å². The first-order valence-corrected chi connectivity index (χ1v) is 10.9. The van der Waals surface area contributed by atoms with Crippen molar-refractivity contribution in [3.63, 3.8) is 0 Å². The van der Waals surface area contributed by atoms with E-state index in [1.807, 2.05) is 48.5 Å². The molecule has 8 nitrogen and oxygen atoms in total. The first kappa shape index (κ1) is 24.3. The smallest absolute Gasteiger partial charge is 0.407 e. The molecule has 176 valence electrons. The third-order valence-electron chi connectivity index (χ3n) is 5.57. The molecule has 0 spiro atoms. The minimum absolute atomic E-state index is 0.0611. The maximum Gasteiger partial charge on any atom is 0.407 e. The number of hydrogen-bond donors (Lipinski definition) is 3. The highest BCUT2D eigenvalue weighted by molar-refractivity contribution is 5.86. The number of carbonyl (C=O) groups excluding carboxylic acids is 2. The number of hydrogen-bond acceptors (Lipinski definition) is 5. The van der Waals surface area contributed by atoms with E-state index < -0.39 is 29.6 Å². The lowest BCUT2D eigenvalue weighted by Crippen LogP contribution is -2.55. The predicted molar refractivity (Wildman–Crippen MR) is 123 cm³/mol. The van der Waals surface area contributed by atoms with Crippen LogP contribution in [0.4, 0.5) is 4.79 Å². The average molecular weight is 455 g/mol. The van der Waals surface area contributed by atoms with Crippen molar-refractivity contribution in [1.29, 1.82) is 0 Å². The van der Waals surface area contributed by atoms with E-state index in [-0.39, 0.29) is 32.0 Å². The Morgan fingerprint density at radius 1 is 1.03 bits per heavy atom. The molecule has 0 aliphatic heterocycles. The van der Waals surface area contributed by atoms with Gasteiger partial charge in [0.15, 0.2) is 0 Å². The standard InChI is InChI=1S/C25H30N2O6/c1-25(2,15-32-3)27-23(30)21(12-13-22(28)29)26-24(31)33-14-20-18-10-6-4-8-16(18)17-9-5-7-11-19(17)20/h4-11,20-21H,12-15H2,1-3H3,(H,26,31)(H,27,30)(H,28,29). The molecule has 1 atom stereocenters. The summed E-state index contributed by atoms with van der Waals surface area (Å²) in [6.07, 6.45) is -1.10. The summed E-state index contributed by atoms with van der Waals surface area (Å²) in [5.74, 6) is -1.67. The van der Waals surface area contributed by atoms with Crippen molar-refractivity contribution in [3.05, 3.63) is 59.7 Å². The van der Waals surface area contributed by atoms with E-state index in [2.05, 4.69) is 10.6 Å². The molecule has 1 unspecified atom stereocenters. The van der Waals surface area contributed by atoms with Crippen LogP contribution < -0.4 is 10.6 Å². The maximum atomic E-state index is 12.7. The number of nitrogens with one attached hydrogen (secondary N) is 2. The Kier molecular flexibility index (Phi) is 7.71. The van der Waals surface area contributed by atoms with E-state index >= 15 is 0 Å². The van der Waals surface area contributed by atoms with Gasteiger partial charge in [-0.1, -0.05) is 48.5 Å². The summed E-state index contributed by atoms with van der Waals surface area (Å²) in [4.78, 5) is 36.4. The summed E-state index contributed by atoms with van der Waals surface area (Å²) in [7, 11) is 1.52. The van der Waals surface area contributed by atoms with Crippen LogP contribution in [0.15, 0.2) is 48.5 Å². The SMILES string of the molecule is COCC(C)(C)NC(=O)C(CCC(=O)O)NC(=O)OCC1c2ccccc2-c2ccccc21. The molecule has 0 aromatic heterocycles. The molecule has 0 saturated heterocycles. The second kappa shape index (κ2) is 10.5. The van der Waals surface area contributed by atoms with Crippen LogP contribution in [0.3, 0.4) is 0 Å². The zero-order valence-electron chi connectivity index (χ0n) is 19.1. The first-order valence-electron chi connectivity index (χ1n) is 10.9. The number of fused-ring (bicyclic) bond motifs is 3. The number of methoxy groups -OCH3 is 1. The minimum atomic E-state index is -1.06. The van der Waals surface area contributed by atoms with Crippen LogP contribution in [0.1, 0.15) is 43.7 Å². The molecule has 0 saturated carbocycles. The van der Waals surface area contributed by atoms with Gasteiger partial charge in [-0.15, -0.1) is 0 Å². The van der Waals surface area contributed by atoms with Crippen LogP contribution in [0.25, 0.3) is 11.1 Å². The predicted octanol–water partition coefficient (Wildman–Crippen LogP) is 3.30. The highest BCUT2D eigenvalue weighted by atomic mass is 16.5. The van der Waals surface area contributed by atoms with Crippen molar-refractivity contribution in [1.82, 2.24) is 10.6 Å². The molecule has 8 heteroatoms. The topological polar surface area (TPSA) is 114 Å². The normalized spacial score (nSPS) is 13.5. The molecule has 3 N–H and O–H groups in total. The summed E-state index contributed by atoms with van der Waals surface area (Å²) < 4.78 is 10.6. The van der Waals surface area contributed by atoms with Gasteiger partial charge in [0.25, 0.3) is 0 Å². The van der Waals surface area contributed by atoms with Crippen LogP contribution in [0, 0.1) is 0 Å². The number of rotatable bonds is 10. The third kappa shape index (κ3) is 6.10. The first-order chi connectivity index (χ1) is 15.7. The Labute approximate surface area is 193 Å². The van der Waals surface area contributed by atoms with E-state index in [9.17, 15) is 14.4 Å². The number of aliphatic carboxylic acids is 1. The largest absolute Gasteiger partial charge is 0.481 e. The Morgan fingerprint density at radius 3 is 2.15 bits per heavy atom. The summed E-state index contributed by atoms with van der Waals surface area (Å²) in [5.41, 5.74) is 3.69. The Morgan fingerprint density at radius 2 is 1.61 bits per heavy atom. The lowest BCUT2D eigenvalue weighted by molar-refractivity contribution is -0.137. The lowest BCUT2D eigenvalue weighted by Gasteiger charge is -2.28. The van der Waals surface area contributed by atoms with Gasteiger partial charge in [-0.25, -0.2) is 4.79 Å². The van der Waals surface area contributed by atoms with E-state index in [4.69, 9.17) is 14.6 Å². The van der Waals surface area contributed by atoms with Crippen LogP contribution in [0.2, 0.25) is 0 Å². The molecule has 0 radical (unpaired) electrons. The van der Waals surface area contributed by atoms with Crippen LogP contribution in [-0.2, 0) is 19.1 Å². The number of ether oxygens (including phenoxy) is 2. The van der Waals surface area contributed by atoms with E-state index in [0.29, 0.717) is 0 Å². The number of carboxylic acid groups (broad SMARTS) is 1. The number of alkyl carbamates (subject to hydrolysis) is 1. The van der Waals surface area contributed by atoms with Gasteiger partial charge in [-0.05, 0) is 42.5 Å². The van der Waals surface area contributed by atoms with Crippen molar-refractivity contribution in [2.24, 2.45) is 0 Å². The van der Waals surface area contributed by atoms with Crippen LogP contribution in [-0.4, -0.2) is 55.0 Å². The molecule has 2 aromatic rings. The third-order valence-corrected chi connectivity index (χ3v) is 5.57. The number of carbonyl (C=O) groups is 3. The molecule has 2 amide bonds. The number of carboxylic acids is 1. The molecular weight excluding hydrogens is 424 g/mol. The summed E-state index contributed by atoms with van der Waals surface area (Å²) in [6, 6.07) is 14.9. The quantitative estimate of drug-likeness (QED) is 0.508. The van der Waals surface area contributed by atoms with Gasteiger partial charge in [0, 0.05) is 19.4 Å². The molecule has 0 bridgehead atoms. The molecule has 33 heavy (non-hydrogen) atoms. The highest BCUT2D eigenvalue weighted by Crippen LogP contribution is 2.44. The molecule has 1 aliphatic carbocycles. The minimum Gasteiger partial charge on any atom is -0.481 e. The Balaban J connectivity index is 1.67. The van der Waals surface area contributed by atoms with Crippen molar-refractivity contribution < 1.29 is 29.0 Å². The van der Waals surface area contributed by atoms with Gasteiger partial charge in [-0.3, -0.25) is 9.59 Å². The average Bonchev–Trinajstić information content (AvgIpc) is 3.08. The summed E-state index contributed by atoms with van der Waals surface area (Å²) in [6.45, 7) is 3.91. The monoisotopic (exact) mass is 454 g/mol. The molecular formula is C25H30N2O6. The zero-order chi connectivity index (χ0) is 24.0. The van der Waals surface area contributed by atoms with Crippen molar-refractivity contribution >= 4 is 18.0 Å². The maximum absolute atomic E-state index is 12.7.